The van der Waals surface area contributed by atoms with Crippen molar-refractivity contribution in [1.29, 1.82) is 5.26 Å². The van der Waals surface area contributed by atoms with Crippen molar-refractivity contribution in [3.05, 3.63) is 79.9 Å². The summed E-state index contributed by atoms with van der Waals surface area (Å²) in [6, 6.07) is 14.6. The third-order valence-corrected chi connectivity index (χ3v) is 6.98. The Balaban J connectivity index is 1.91. The second-order valence-corrected chi connectivity index (χ2v) is 9.63. The fraction of sp³-hybridized carbons (Fsp3) is 0.333. The molecule has 154 valence electrons. The molecule has 6 heteroatoms. The molecule has 0 amide bonds. The first-order valence-electron chi connectivity index (χ1n) is 10.1. The highest BCUT2D eigenvalue weighted by molar-refractivity contribution is 7.12. The number of aryl methyl sites for hydroxylation is 2. The molecule has 0 radical (unpaired) electrons. The number of benzene rings is 1. The van der Waals surface area contributed by atoms with Gasteiger partial charge in [0.2, 0.25) is 0 Å². The minimum atomic E-state index is -0.393. The highest BCUT2D eigenvalue weighted by Gasteiger charge is 2.43. The number of rotatable bonds is 3. The summed E-state index contributed by atoms with van der Waals surface area (Å²) in [7, 11) is 3.78. The Bertz CT molecular complexity index is 1100. The van der Waals surface area contributed by atoms with Crippen molar-refractivity contribution < 1.29 is 4.79 Å². The standard InChI is InChI=1S/C24H26N4OS/c1-14-10-18(15(2)30-14)22-19(13-25)24(26)28(27(3)4)20-11-17(12-21(29)23(20)22)16-8-6-5-7-9-16/h5-10,17,22H,11-12,26H2,1-4H3/t17-,22-/m0/s1. The summed E-state index contributed by atoms with van der Waals surface area (Å²) >= 11 is 1.69. The zero-order valence-electron chi connectivity index (χ0n) is 17.8. The molecule has 0 bridgehead atoms. The molecule has 1 aromatic carbocycles. The van der Waals surface area contributed by atoms with Crippen molar-refractivity contribution in [3.63, 3.8) is 0 Å². The largest absolute Gasteiger partial charge is 0.383 e. The smallest absolute Gasteiger partial charge is 0.162 e. The predicted octanol–water partition coefficient (Wildman–Crippen LogP) is 4.34. The fourth-order valence-electron chi connectivity index (χ4n) is 4.78. The zero-order chi connectivity index (χ0) is 21.6. The number of nitriles is 1. The van der Waals surface area contributed by atoms with E-state index in [2.05, 4.69) is 38.1 Å². The van der Waals surface area contributed by atoms with E-state index in [1.54, 1.807) is 11.3 Å². The Morgan fingerprint density at radius 2 is 1.90 bits per heavy atom. The van der Waals surface area contributed by atoms with Crippen LogP contribution in [0.4, 0.5) is 0 Å². The van der Waals surface area contributed by atoms with E-state index < -0.39 is 5.92 Å². The summed E-state index contributed by atoms with van der Waals surface area (Å²) in [6.07, 6.45) is 1.16. The van der Waals surface area contributed by atoms with Gasteiger partial charge in [0, 0.05) is 41.5 Å². The van der Waals surface area contributed by atoms with Gasteiger partial charge in [-0.05, 0) is 43.4 Å². The van der Waals surface area contributed by atoms with Crippen LogP contribution in [-0.2, 0) is 4.79 Å². The van der Waals surface area contributed by atoms with Gasteiger partial charge in [0.1, 0.15) is 5.82 Å². The third kappa shape index (κ3) is 3.24. The van der Waals surface area contributed by atoms with E-state index in [-0.39, 0.29) is 11.7 Å². The molecule has 2 atom stereocenters. The van der Waals surface area contributed by atoms with Crippen LogP contribution in [0.15, 0.2) is 59.1 Å². The van der Waals surface area contributed by atoms with Crippen LogP contribution in [0.25, 0.3) is 0 Å². The monoisotopic (exact) mass is 418 g/mol. The number of Topliss-reactive ketones (excluding diaryl/α,β-unsaturated/α-hetero) is 1. The van der Waals surface area contributed by atoms with Gasteiger partial charge in [-0.3, -0.25) is 9.80 Å². The van der Waals surface area contributed by atoms with Gasteiger partial charge < -0.3 is 5.73 Å². The highest BCUT2D eigenvalue weighted by atomic mass is 32.1. The molecule has 1 aliphatic carbocycles. The Morgan fingerprint density at radius 3 is 2.47 bits per heavy atom. The molecule has 2 N–H and O–H groups in total. The fourth-order valence-corrected chi connectivity index (χ4v) is 5.74. The number of thiophene rings is 1. The van der Waals surface area contributed by atoms with Crippen molar-refractivity contribution in [1.82, 2.24) is 10.0 Å². The Morgan fingerprint density at radius 1 is 1.20 bits per heavy atom. The van der Waals surface area contributed by atoms with Crippen molar-refractivity contribution in [3.8, 4) is 6.07 Å². The van der Waals surface area contributed by atoms with Crippen LogP contribution in [0.3, 0.4) is 0 Å². The molecule has 0 unspecified atom stereocenters. The van der Waals surface area contributed by atoms with Gasteiger partial charge in [-0.25, -0.2) is 5.01 Å². The molecule has 0 saturated heterocycles. The van der Waals surface area contributed by atoms with Crippen LogP contribution in [0.5, 0.6) is 0 Å². The number of nitrogens with zero attached hydrogens (tertiary/aromatic N) is 3. The van der Waals surface area contributed by atoms with Crippen molar-refractivity contribution in [2.24, 2.45) is 5.73 Å². The predicted molar refractivity (Wildman–Crippen MR) is 119 cm³/mol. The third-order valence-electron chi connectivity index (χ3n) is 6.00. The minimum Gasteiger partial charge on any atom is -0.383 e. The molecule has 30 heavy (non-hydrogen) atoms. The van der Waals surface area contributed by atoms with Crippen molar-refractivity contribution in [2.45, 2.75) is 38.5 Å². The number of hydrogen-bond acceptors (Lipinski definition) is 6. The van der Waals surface area contributed by atoms with E-state index in [1.807, 2.05) is 42.3 Å². The van der Waals surface area contributed by atoms with E-state index in [0.717, 1.165) is 27.3 Å². The maximum absolute atomic E-state index is 13.6. The van der Waals surface area contributed by atoms with Gasteiger partial charge in [-0.15, -0.1) is 11.3 Å². The minimum absolute atomic E-state index is 0.0993. The van der Waals surface area contributed by atoms with Gasteiger partial charge in [-0.1, -0.05) is 30.3 Å². The van der Waals surface area contributed by atoms with Crippen LogP contribution in [0.1, 0.15) is 45.6 Å². The van der Waals surface area contributed by atoms with Gasteiger partial charge >= 0.3 is 0 Å². The van der Waals surface area contributed by atoms with Gasteiger partial charge in [0.25, 0.3) is 0 Å². The first-order valence-corrected chi connectivity index (χ1v) is 10.9. The van der Waals surface area contributed by atoms with E-state index in [1.165, 1.54) is 4.88 Å². The Hall–Kier alpha value is -2.88. The highest BCUT2D eigenvalue weighted by Crippen LogP contribution is 2.49. The number of allylic oxidation sites excluding steroid dienone is 3. The molecule has 0 spiro atoms. The maximum Gasteiger partial charge on any atom is 0.162 e. The number of carbonyl (C=O) groups excluding carboxylic acids is 1. The average Bonchev–Trinajstić information content (AvgIpc) is 3.04. The molecule has 0 saturated carbocycles. The SMILES string of the molecule is Cc1cc([C@H]2C(C#N)=C(N)N(N(C)C)C3=C2C(=O)C[C@@H](c2ccccc2)C3)c(C)s1. The van der Waals surface area contributed by atoms with E-state index in [0.29, 0.717) is 24.2 Å². The van der Waals surface area contributed by atoms with Crippen LogP contribution in [0, 0.1) is 25.2 Å². The number of ketones is 1. The summed E-state index contributed by atoms with van der Waals surface area (Å²) in [4.78, 5) is 15.9. The van der Waals surface area contributed by atoms with E-state index >= 15 is 0 Å². The van der Waals surface area contributed by atoms with Crippen molar-refractivity contribution >= 4 is 17.1 Å². The molecule has 4 rings (SSSR count). The summed E-state index contributed by atoms with van der Waals surface area (Å²) in [5, 5.41) is 13.8. The number of carbonyl (C=O) groups is 1. The van der Waals surface area contributed by atoms with Crippen LogP contribution >= 0.6 is 11.3 Å². The lowest BCUT2D eigenvalue weighted by molar-refractivity contribution is -0.117. The van der Waals surface area contributed by atoms with Gasteiger partial charge in [0.15, 0.2) is 5.78 Å². The lowest BCUT2D eigenvalue weighted by Crippen LogP contribution is -2.46. The van der Waals surface area contributed by atoms with Crippen LogP contribution in [-0.4, -0.2) is 29.9 Å². The molecule has 1 aromatic heterocycles. The molecular weight excluding hydrogens is 392 g/mol. The van der Waals surface area contributed by atoms with E-state index in [9.17, 15) is 10.1 Å². The number of hydrazine groups is 1. The lowest BCUT2D eigenvalue weighted by Gasteiger charge is -2.43. The van der Waals surface area contributed by atoms with E-state index in [4.69, 9.17) is 5.73 Å². The van der Waals surface area contributed by atoms with Crippen LogP contribution < -0.4 is 5.73 Å². The summed E-state index contributed by atoms with van der Waals surface area (Å²) in [6.45, 7) is 4.11. The summed E-state index contributed by atoms with van der Waals surface area (Å²) in [5.41, 5.74) is 10.8. The summed E-state index contributed by atoms with van der Waals surface area (Å²) < 4.78 is 0. The first-order chi connectivity index (χ1) is 14.3. The Labute approximate surface area is 181 Å². The maximum atomic E-state index is 13.6. The molecule has 2 aromatic rings. The molecule has 1 aliphatic heterocycles. The van der Waals surface area contributed by atoms with Crippen LogP contribution in [0.2, 0.25) is 0 Å². The van der Waals surface area contributed by atoms with Gasteiger partial charge in [0.05, 0.1) is 17.6 Å². The average molecular weight is 419 g/mol. The first kappa shape index (κ1) is 20.4. The number of nitrogens with two attached hydrogens (primary N) is 1. The second-order valence-electron chi connectivity index (χ2n) is 8.17. The normalized spacial score (nSPS) is 21.9. The topological polar surface area (TPSA) is 73.4 Å². The molecule has 2 heterocycles. The Kier molecular flexibility index (Phi) is 5.27. The van der Waals surface area contributed by atoms with Crippen molar-refractivity contribution in [2.75, 3.05) is 14.1 Å². The zero-order valence-corrected chi connectivity index (χ0v) is 18.6. The van der Waals surface area contributed by atoms with Gasteiger partial charge in [-0.2, -0.15) is 5.26 Å². The lowest BCUT2D eigenvalue weighted by atomic mass is 9.72. The molecule has 2 aliphatic rings. The second kappa shape index (κ2) is 7.75. The number of hydrogen-bond donors (Lipinski definition) is 1. The summed E-state index contributed by atoms with van der Waals surface area (Å²) in [5.74, 6) is 0.221. The molecule has 0 fully saturated rings. The quantitative estimate of drug-likeness (QED) is 0.803. The molecule has 5 nitrogen and oxygen atoms in total. The molecular formula is C24H26N4OS.